The summed E-state index contributed by atoms with van der Waals surface area (Å²) in [6.45, 7) is 5.40. The summed E-state index contributed by atoms with van der Waals surface area (Å²) in [5, 5.41) is 0. The molecule has 94 valence electrons. The molecule has 0 aromatic heterocycles. The first-order chi connectivity index (χ1) is 7.15. The topological polar surface area (TPSA) is 83.7 Å². The predicted molar refractivity (Wildman–Crippen MR) is 61.3 cm³/mol. The number of hydrogen-bond donors (Lipinski definition) is 1. The fourth-order valence-corrected chi connectivity index (χ4v) is 2.56. The third-order valence-corrected chi connectivity index (χ3v) is 4.40. The van der Waals surface area contributed by atoms with Crippen LogP contribution < -0.4 is 5.73 Å². The molecule has 0 saturated carbocycles. The van der Waals surface area contributed by atoms with Gasteiger partial charge in [0.1, 0.15) is 0 Å². The number of amides is 1. The molecule has 0 aliphatic carbocycles. The summed E-state index contributed by atoms with van der Waals surface area (Å²) >= 11 is 0. The van der Waals surface area contributed by atoms with E-state index >= 15 is 0 Å². The van der Waals surface area contributed by atoms with E-state index in [0.717, 1.165) is 0 Å². The second kappa shape index (κ2) is 4.31. The number of rotatable bonds is 3. The lowest BCUT2D eigenvalue weighted by atomic mass is 10.0. The Balaban J connectivity index is 2.66. The van der Waals surface area contributed by atoms with Gasteiger partial charge in [-0.05, 0) is 13.8 Å². The smallest absolute Gasteiger partial charge is 0.237 e. The van der Waals surface area contributed by atoms with Gasteiger partial charge in [-0.2, -0.15) is 4.31 Å². The summed E-state index contributed by atoms with van der Waals surface area (Å²) < 4.78 is 24.0. The van der Waals surface area contributed by atoms with Gasteiger partial charge in [-0.25, -0.2) is 8.42 Å². The SMILES string of the molecule is CC(C)(C(N)=O)N1CCN(S(C)(=O)=O)CC1. The van der Waals surface area contributed by atoms with Gasteiger partial charge in [0.15, 0.2) is 0 Å². The second-order valence-electron chi connectivity index (χ2n) is 4.57. The molecule has 0 radical (unpaired) electrons. The maximum absolute atomic E-state index is 11.3. The largest absolute Gasteiger partial charge is 0.368 e. The summed E-state index contributed by atoms with van der Waals surface area (Å²) in [6.07, 6.45) is 1.20. The highest BCUT2D eigenvalue weighted by atomic mass is 32.2. The first kappa shape index (κ1) is 13.4. The Bertz CT molecular complexity index is 369. The average molecular weight is 249 g/mol. The van der Waals surface area contributed by atoms with Gasteiger partial charge in [0.25, 0.3) is 0 Å². The lowest BCUT2D eigenvalue weighted by Gasteiger charge is -2.41. The van der Waals surface area contributed by atoms with Crippen molar-refractivity contribution in [2.75, 3.05) is 32.4 Å². The highest BCUT2D eigenvalue weighted by molar-refractivity contribution is 7.88. The van der Waals surface area contributed by atoms with Crippen LogP contribution >= 0.6 is 0 Å². The van der Waals surface area contributed by atoms with Crippen LogP contribution in [0, 0.1) is 0 Å². The first-order valence-electron chi connectivity index (χ1n) is 5.16. The maximum atomic E-state index is 11.3. The van der Waals surface area contributed by atoms with Gasteiger partial charge in [-0.1, -0.05) is 0 Å². The number of sulfonamides is 1. The fraction of sp³-hybridized carbons (Fsp3) is 0.889. The van der Waals surface area contributed by atoms with Gasteiger partial charge in [0.2, 0.25) is 15.9 Å². The molecule has 0 aromatic carbocycles. The Kier molecular flexibility index (Phi) is 3.61. The van der Waals surface area contributed by atoms with Crippen LogP contribution in [0.3, 0.4) is 0 Å². The van der Waals surface area contributed by atoms with Crippen molar-refractivity contribution in [2.45, 2.75) is 19.4 Å². The fourth-order valence-electron chi connectivity index (χ4n) is 1.73. The summed E-state index contributed by atoms with van der Waals surface area (Å²) in [4.78, 5) is 13.2. The van der Waals surface area contributed by atoms with Crippen LogP contribution in [0.4, 0.5) is 0 Å². The van der Waals surface area contributed by atoms with Crippen LogP contribution in [-0.4, -0.2) is 61.5 Å². The van der Waals surface area contributed by atoms with Crippen molar-refractivity contribution >= 4 is 15.9 Å². The molecule has 0 unspecified atom stereocenters. The molecule has 0 spiro atoms. The Labute approximate surface area is 96.4 Å². The highest BCUT2D eigenvalue weighted by Gasteiger charge is 2.36. The molecule has 7 heteroatoms. The lowest BCUT2D eigenvalue weighted by molar-refractivity contribution is -0.129. The number of nitrogens with two attached hydrogens (primary N) is 1. The molecule has 0 atom stereocenters. The Morgan fingerprint density at radius 1 is 1.19 bits per heavy atom. The molecular formula is C9H19N3O3S. The molecule has 1 aliphatic heterocycles. The van der Waals surface area contributed by atoms with Gasteiger partial charge in [0.05, 0.1) is 11.8 Å². The van der Waals surface area contributed by atoms with E-state index in [-0.39, 0.29) is 5.91 Å². The molecular weight excluding hydrogens is 230 g/mol. The molecule has 2 N–H and O–H groups in total. The van der Waals surface area contributed by atoms with E-state index in [1.165, 1.54) is 10.6 Å². The van der Waals surface area contributed by atoms with Crippen LogP contribution in [-0.2, 0) is 14.8 Å². The normalized spacial score (nSPS) is 20.9. The molecule has 1 saturated heterocycles. The summed E-state index contributed by atoms with van der Waals surface area (Å²) in [5.74, 6) is -0.389. The molecule has 1 rings (SSSR count). The minimum Gasteiger partial charge on any atom is -0.368 e. The zero-order valence-electron chi connectivity index (χ0n) is 9.93. The Morgan fingerprint density at radius 2 is 1.62 bits per heavy atom. The molecule has 1 heterocycles. The van der Waals surface area contributed by atoms with Gasteiger partial charge in [-0.15, -0.1) is 0 Å². The highest BCUT2D eigenvalue weighted by Crippen LogP contribution is 2.17. The van der Waals surface area contributed by atoms with Crippen molar-refractivity contribution in [2.24, 2.45) is 5.73 Å². The maximum Gasteiger partial charge on any atom is 0.237 e. The van der Waals surface area contributed by atoms with Gasteiger partial charge in [-0.3, -0.25) is 9.69 Å². The van der Waals surface area contributed by atoms with Crippen molar-refractivity contribution in [3.05, 3.63) is 0 Å². The summed E-state index contributed by atoms with van der Waals surface area (Å²) in [6, 6.07) is 0. The molecule has 1 amide bonds. The number of carbonyl (C=O) groups is 1. The van der Waals surface area contributed by atoms with Crippen molar-refractivity contribution in [1.29, 1.82) is 0 Å². The van der Waals surface area contributed by atoms with Crippen LogP contribution in [0.25, 0.3) is 0 Å². The van der Waals surface area contributed by atoms with E-state index in [9.17, 15) is 13.2 Å². The van der Waals surface area contributed by atoms with E-state index < -0.39 is 15.6 Å². The Hall–Kier alpha value is -0.660. The van der Waals surface area contributed by atoms with Crippen molar-refractivity contribution in [1.82, 2.24) is 9.21 Å². The zero-order chi connectivity index (χ0) is 12.6. The van der Waals surface area contributed by atoms with Crippen molar-refractivity contribution < 1.29 is 13.2 Å². The van der Waals surface area contributed by atoms with Gasteiger partial charge in [0, 0.05) is 26.2 Å². The van der Waals surface area contributed by atoms with E-state index in [2.05, 4.69) is 0 Å². The molecule has 6 nitrogen and oxygen atoms in total. The monoisotopic (exact) mass is 249 g/mol. The molecule has 0 bridgehead atoms. The zero-order valence-corrected chi connectivity index (χ0v) is 10.7. The first-order valence-corrected chi connectivity index (χ1v) is 7.00. The Morgan fingerprint density at radius 3 is 1.94 bits per heavy atom. The van der Waals surface area contributed by atoms with E-state index in [1.807, 2.05) is 4.90 Å². The van der Waals surface area contributed by atoms with Gasteiger partial charge >= 0.3 is 0 Å². The number of hydrogen-bond acceptors (Lipinski definition) is 4. The molecule has 0 aromatic rings. The third kappa shape index (κ3) is 2.72. The number of carbonyl (C=O) groups excluding carboxylic acids is 1. The standard InChI is InChI=1S/C9H19N3O3S/c1-9(2,8(10)13)11-4-6-12(7-5-11)16(3,14)15/h4-7H2,1-3H3,(H2,10,13). The molecule has 1 aliphatic rings. The quantitative estimate of drug-likeness (QED) is 0.683. The van der Waals surface area contributed by atoms with Gasteiger partial charge < -0.3 is 5.73 Å². The minimum atomic E-state index is -3.12. The predicted octanol–water partition coefficient (Wildman–Crippen LogP) is -1.17. The van der Waals surface area contributed by atoms with Crippen LogP contribution in [0.5, 0.6) is 0 Å². The van der Waals surface area contributed by atoms with E-state index in [0.29, 0.717) is 26.2 Å². The number of piperazine rings is 1. The van der Waals surface area contributed by atoms with Crippen molar-refractivity contribution in [3.63, 3.8) is 0 Å². The van der Waals surface area contributed by atoms with Crippen molar-refractivity contribution in [3.8, 4) is 0 Å². The number of primary amides is 1. The second-order valence-corrected chi connectivity index (χ2v) is 6.55. The lowest BCUT2D eigenvalue weighted by Crippen LogP contribution is -2.60. The average Bonchev–Trinajstić information content (AvgIpc) is 2.16. The summed E-state index contributed by atoms with van der Waals surface area (Å²) in [7, 11) is -3.12. The molecule has 16 heavy (non-hydrogen) atoms. The van der Waals surface area contributed by atoms with E-state index in [1.54, 1.807) is 13.8 Å². The van der Waals surface area contributed by atoms with Crippen LogP contribution in [0.15, 0.2) is 0 Å². The van der Waals surface area contributed by atoms with Crippen LogP contribution in [0.1, 0.15) is 13.8 Å². The van der Waals surface area contributed by atoms with Crippen LogP contribution in [0.2, 0.25) is 0 Å². The molecule has 1 fully saturated rings. The summed E-state index contributed by atoms with van der Waals surface area (Å²) in [5.41, 5.74) is 4.59. The van der Waals surface area contributed by atoms with E-state index in [4.69, 9.17) is 5.73 Å². The number of nitrogens with zero attached hydrogens (tertiary/aromatic N) is 2. The third-order valence-electron chi connectivity index (χ3n) is 3.10. The minimum absolute atomic E-state index is 0.389.